The Labute approximate surface area is 99.0 Å². The van der Waals surface area contributed by atoms with Crippen LogP contribution in [0, 0.1) is 5.82 Å². The first kappa shape index (κ1) is 11.4. The largest absolute Gasteiger partial charge is 0.386 e. The molecule has 1 aromatic heterocycles. The molecule has 0 amide bonds. The van der Waals surface area contributed by atoms with Crippen LogP contribution >= 0.6 is 0 Å². The maximum absolute atomic E-state index is 13.2. The van der Waals surface area contributed by atoms with Crippen molar-refractivity contribution >= 4 is 11.5 Å². The highest BCUT2D eigenvalue weighted by molar-refractivity contribution is 5.46. The summed E-state index contributed by atoms with van der Waals surface area (Å²) in [6.07, 6.45) is 1.59. The average molecular weight is 234 g/mol. The summed E-state index contributed by atoms with van der Waals surface area (Å²) in [5.41, 5.74) is 8.03. The van der Waals surface area contributed by atoms with Gasteiger partial charge in [0, 0.05) is 13.1 Å². The number of aromatic nitrogens is 2. The molecule has 1 aromatic carbocycles. The number of anilines is 2. The second kappa shape index (κ2) is 4.86. The third kappa shape index (κ3) is 2.75. The molecule has 2 aromatic rings. The van der Waals surface area contributed by atoms with E-state index in [1.54, 1.807) is 13.1 Å². The number of benzene rings is 1. The van der Waals surface area contributed by atoms with Crippen molar-refractivity contribution < 1.29 is 4.39 Å². The van der Waals surface area contributed by atoms with Gasteiger partial charge in [-0.25, -0.2) is 4.39 Å². The standard InChI is InChI=1S/C12H15FN4/c1-15-11-6-8(3-5-10(11)13)2-4-9-7-12(14)17-16-9/h3,5-7,15H,2,4H2,1H3,(H3,14,16,17). The number of nitrogen functional groups attached to an aromatic ring is 1. The molecule has 0 saturated heterocycles. The van der Waals surface area contributed by atoms with Gasteiger partial charge >= 0.3 is 0 Å². The molecule has 0 unspecified atom stereocenters. The Balaban J connectivity index is 2.04. The summed E-state index contributed by atoms with van der Waals surface area (Å²) in [4.78, 5) is 0. The number of rotatable bonds is 4. The minimum Gasteiger partial charge on any atom is -0.386 e. The number of nitrogens with one attached hydrogen (secondary N) is 2. The van der Waals surface area contributed by atoms with Crippen molar-refractivity contribution in [1.82, 2.24) is 10.2 Å². The zero-order valence-electron chi connectivity index (χ0n) is 9.63. The molecule has 4 nitrogen and oxygen atoms in total. The van der Waals surface area contributed by atoms with Gasteiger partial charge in [0.2, 0.25) is 0 Å². The molecule has 0 bridgehead atoms. The fourth-order valence-corrected chi connectivity index (χ4v) is 1.70. The molecule has 0 aliphatic heterocycles. The molecule has 5 heteroatoms. The highest BCUT2D eigenvalue weighted by atomic mass is 19.1. The molecule has 0 spiro atoms. The molecule has 0 radical (unpaired) electrons. The van der Waals surface area contributed by atoms with Crippen LogP contribution in [0.1, 0.15) is 11.3 Å². The lowest BCUT2D eigenvalue weighted by molar-refractivity contribution is 0.630. The van der Waals surface area contributed by atoms with E-state index in [-0.39, 0.29) is 5.82 Å². The van der Waals surface area contributed by atoms with Gasteiger partial charge < -0.3 is 11.1 Å². The fraction of sp³-hybridized carbons (Fsp3) is 0.250. The number of nitrogens with zero attached hydrogens (tertiary/aromatic N) is 1. The summed E-state index contributed by atoms with van der Waals surface area (Å²) in [6, 6.07) is 6.88. The van der Waals surface area contributed by atoms with Crippen LogP contribution in [0.15, 0.2) is 24.3 Å². The van der Waals surface area contributed by atoms with Crippen LogP contribution in [-0.4, -0.2) is 17.2 Å². The summed E-state index contributed by atoms with van der Waals surface area (Å²) in [5, 5.41) is 9.56. The van der Waals surface area contributed by atoms with Crippen molar-refractivity contribution in [3.8, 4) is 0 Å². The van der Waals surface area contributed by atoms with Crippen LogP contribution < -0.4 is 11.1 Å². The van der Waals surface area contributed by atoms with E-state index in [9.17, 15) is 4.39 Å². The second-order valence-electron chi connectivity index (χ2n) is 3.88. The van der Waals surface area contributed by atoms with Gasteiger partial charge in [-0.1, -0.05) is 6.07 Å². The van der Waals surface area contributed by atoms with Crippen LogP contribution in [0.2, 0.25) is 0 Å². The Morgan fingerprint density at radius 2 is 2.18 bits per heavy atom. The molecular formula is C12H15FN4. The predicted molar refractivity (Wildman–Crippen MR) is 66.4 cm³/mol. The van der Waals surface area contributed by atoms with Gasteiger partial charge in [-0.05, 0) is 30.5 Å². The number of nitrogens with two attached hydrogens (primary N) is 1. The summed E-state index contributed by atoms with van der Waals surface area (Å²) in [6.45, 7) is 0. The zero-order valence-corrected chi connectivity index (χ0v) is 9.63. The second-order valence-corrected chi connectivity index (χ2v) is 3.88. The van der Waals surface area contributed by atoms with Crippen molar-refractivity contribution in [3.63, 3.8) is 0 Å². The molecule has 0 aliphatic rings. The Hall–Kier alpha value is -2.04. The summed E-state index contributed by atoms with van der Waals surface area (Å²) < 4.78 is 13.2. The number of hydrogen-bond donors (Lipinski definition) is 3. The first-order valence-corrected chi connectivity index (χ1v) is 5.45. The van der Waals surface area contributed by atoms with E-state index in [2.05, 4.69) is 15.5 Å². The van der Waals surface area contributed by atoms with Crippen LogP contribution in [0.5, 0.6) is 0 Å². The van der Waals surface area contributed by atoms with Crippen molar-refractivity contribution in [2.45, 2.75) is 12.8 Å². The number of halogens is 1. The molecular weight excluding hydrogens is 219 g/mol. The molecule has 90 valence electrons. The van der Waals surface area contributed by atoms with E-state index in [0.29, 0.717) is 11.5 Å². The number of hydrogen-bond acceptors (Lipinski definition) is 3. The van der Waals surface area contributed by atoms with Crippen LogP contribution in [0.3, 0.4) is 0 Å². The van der Waals surface area contributed by atoms with Crippen molar-refractivity contribution in [2.75, 3.05) is 18.1 Å². The van der Waals surface area contributed by atoms with Gasteiger partial charge in [0.25, 0.3) is 0 Å². The maximum atomic E-state index is 13.2. The Morgan fingerprint density at radius 3 is 2.82 bits per heavy atom. The number of H-pyrrole nitrogens is 1. The first-order valence-electron chi connectivity index (χ1n) is 5.45. The predicted octanol–water partition coefficient (Wildman–Crippen LogP) is 1.96. The smallest absolute Gasteiger partial charge is 0.146 e. The van der Waals surface area contributed by atoms with Gasteiger partial charge in [0.05, 0.1) is 11.4 Å². The van der Waals surface area contributed by atoms with Crippen molar-refractivity contribution in [3.05, 3.63) is 41.3 Å². The molecule has 0 fully saturated rings. The van der Waals surface area contributed by atoms with Crippen LogP contribution in [-0.2, 0) is 12.8 Å². The van der Waals surface area contributed by atoms with E-state index < -0.39 is 0 Å². The fourth-order valence-electron chi connectivity index (χ4n) is 1.70. The number of aromatic amines is 1. The average Bonchev–Trinajstić information content (AvgIpc) is 2.74. The lowest BCUT2D eigenvalue weighted by atomic mass is 10.1. The molecule has 0 saturated carbocycles. The molecule has 0 aliphatic carbocycles. The Morgan fingerprint density at radius 1 is 1.35 bits per heavy atom. The highest BCUT2D eigenvalue weighted by Crippen LogP contribution is 2.16. The molecule has 4 N–H and O–H groups in total. The minimum atomic E-state index is -0.236. The molecule has 2 rings (SSSR count). The lowest BCUT2D eigenvalue weighted by Crippen LogP contribution is -1.96. The summed E-state index contributed by atoms with van der Waals surface area (Å²) in [7, 11) is 1.70. The topological polar surface area (TPSA) is 66.7 Å². The van der Waals surface area contributed by atoms with E-state index in [1.165, 1.54) is 6.07 Å². The Kier molecular flexibility index (Phi) is 3.27. The summed E-state index contributed by atoms with van der Waals surface area (Å²) in [5.74, 6) is 0.329. The van der Waals surface area contributed by atoms with Crippen molar-refractivity contribution in [2.24, 2.45) is 0 Å². The molecule has 0 atom stereocenters. The van der Waals surface area contributed by atoms with E-state index in [4.69, 9.17) is 5.73 Å². The zero-order chi connectivity index (χ0) is 12.3. The van der Waals surface area contributed by atoms with Crippen molar-refractivity contribution in [1.29, 1.82) is 0 Å². The van der Waals surface area contributed by atoms with E-state index in [1.807, 2.05) is 12.1 Å². The monoisotopic (exact) mass is 234 g/mol. The Bertz CT molecular complexity index is 507. The van der Waals surface area contributed by atoms with E-state index in [0.717, 1.165) is 24.1 Å². The lowest BCUT2D eigenvalue weighted by Gasteiger charge is -2.05. The third-order valence-corrected chi connectivity index (χ3v) is 2.62. The van der Waals surface area contributed by atoms with Crippen LogP contribution in [0.25, 0.3) is 0 Å². The van der Waals surface area contributed by atoms with Gasteiger partial charge in [0.1, 0.15) is 11.6 Å². The van der Waals surface area contributed by atoms with Gasteiger partial charge in [-0.2, -0.15) is 5.10 Å². The first-order chi connectivity index (χ1) is 8.19. The quantitative estimate of drug-likeness (QED) is 0.757. The normalized spacial score (nSPS) is 10.5. The number of aryl methyl sites for hydroxylation is 2. The van der Waals surface area contributed by atoms with Gasteiger partial charge in [0.15, 0.2) is 0 Å². The van der Waals surface area contributed by atoms with E-state index >= 15 is 0 Å². The third-order valence-electron chi connectivity index (χ3n) is 2.62. The minimum absolute atomic E-state index is 0.236. The van der Waals surface area contributed by atoms with Crippen LogP contribution in [0.4, 0.5) is 15.9 Å². The van der Waals surface area contributed by atoms with Gasteiger partial charge in [-0.15, -0.1) is 0 Å². The van der Waals surface area contributed by atoms with Gasteiger partial charge in [-0.3, -0.25) is 5.10 Å². The molecule has 1 heterocycles. The summed E-state index contributed by atoms with van der Waals surface area (Å²) >= 11 is 0. The highest BCUT2D eigenvalue weighted by Gasteiger charge is 2.03. The SMILES string of the molecule is CNc1cc(CCc2cc(N)[nH]n2)ccc1F. The maximum Gasteiger partial charge on any atom is 0.146 e. The molecule has 17 heavy (non-hydrogen) atoms.